The molecule has 0 radical (unpaired) electrons. The molecule has 0 aromatic heterocycles. The van der Waals surface area contributed by atoms with Crippen LogP contribution in [0.5, 0.6) is 0 Å². The fraction of sp³-hybridized carbons (Fsp3) is 1.00. The van der Waals surface area contributed by atoms with Crippen LogP contribution in [-0.2, 0) is 10.1 Å². The molecule has 0 aliphatic heterocycles. The predicted molar refractivity (Wildman–Crippen MR) is 56.5 cm³/mol. The Morgan fingerprint density at radius 2 is 0.857 bits per heavy atom. The van der Waals surface area contributed by atoms with Crippen LogP contribution < -0.4 is 0 Å². The van der Waals surface area contributed by atoms with E-state index in [0.29, 0.717) is 0 Å². The third-order valence-electron chi connectivity index (χ3n) is 3.05. The van der Waals surface area contributed by atoms with Gasteiger partial charge >= 0.3 is 51.2 Å². The van der Waals surface area contributed by atoms with E-state index < -0.39 is 64.0 Å². The van der Waals surface area contributed by atoms with Crippen molar-refractivity contribution in [3.8, 4) is 0 Å². The van der Waals surface area contributed by atoms with Crippen molar-refractivity contribution < 1.29 is 78.8 Å². The zero-order chi connectivity index (χ0) is 23.4. The van der Waals surface area contributed by atoms with Crippen molar-refractivity contribution in [2.75, 3.05) is 0 Å². The quantitative estimate of drug-likeness (QED) is 0.396. The number of halogens is 15. The smallest absolute Gasteiger partial charge is 0.281 e. The van der Waals surface area contributed by atoms with Crippen molar-refractivity contribution in [3.63, 3.8) is 0 Å². The maximum Gasteiger partial charge on any atom is 0.438 e. The maximum atomic E-state index is 13.2. The summed E-state index contributed by atoms with van der Waals surface area (Å²) in [6, 6.07) is 0. The Kier molecular flexibility index (Phi) is 6.42. The molecule has 0 unspecified atom stereocenters. The second-order valence-electron chi connectivity index (χ2n) is 5.11. The monoisotopic (exact) mass is 478 g/mol. The SMILES string of the molecule is O=S(=O)(O)C(F)(F)C(F)(F)C(F)(F)C(F)(F)C(F)(F)C(F)(F)CCC(F)(F)F. The summed E-state index contributed by atoms with van der Waals surface area (Å²) in [5.41, 5.74) is 0. The molecule has 0 aromatic rings. The minimum absolute atomic E-state index is 3.01. The fourth-order valence-corrected chi connectivity index (χ4v) is 1.88. The highest BCUT2D eigenvalue weighted by atomic mass is 32.2. The Bertz CT molecular complexity index is 677. The predicted octanol–water partition coefficient (Wildman–Crippen LogP) is 4.99. The van der Waals surface area contributed by atoms with E-state index in [1.165, 1.54) is 0 Å². The lowest BCUT2D eigenvalue weighted by Gasteiger charge is -2.40. The summed E-state index contributed by atoms with van der Waals surface area (Å²) in [4.78, 5) is 0. The first-order valence-electron chi connectivity index (χ1n) is 6.01. The summed E-state index contributed by atoms with van der Waals surface area (Å²) >= 11 is 0. The second kappa shape index (κ2) is 6.69. The van der Waals surface area contributed by atoms with Gasteiger partial charge in [0, 0.05) is 12.8 Å². The Labute approximate surface area is 144 Å². The molecule has 170 valence electrons. The topological polar surface area (TPSA) is 54.4 Å². The zero-order valence-corrected chi connectivity index (χ0v) is 13.1. The summed E-state index contributed by atoms with van der Waals surface area (Å²) in [6.45, 7) is 0. The average Bonchev–Trinajstić information content (AvgIpc) is 2.42. The van der Waals surface area contributed by atoms with Crippen LogP contribution in [0.25, 0.3) is 0 Å². The van der Waals surface area contributed by atoms with Crippen LogP contribution in [0, 0.1) is 0 Å². The molecule has 1 N–H and O–H groups in total. The Balaban J connectivity index is 6.39. The van der Waals surface area contributed by atoms with E-state index >= 15 is 0 Å². The molecule has 0 aromatic carbocycles. The average molecular weight is 478 g/mol. The molecular weight excluding hydrogens is 473 g/mol. The summed E-state index contributed by atoms with van der Waals surface area (Å²) in [7, 11) is -7.69. The fourth-order valence-electron chi connectivity index (χ4n) is 1.42. The van der Waals surface area contributed by atoms with Crippen molar-refractivity contribution in [3.05, 3.63) is 0 Å². The van der Waals surface area contributed by atoms with E-state index in [1.807, 2.05) is 0 Å². The normalized spacial score (nSPS) is 16.4. The van der Waals surface area contributed by atoms with Gasteiger partial charge in [-0.1, -0.05) is 0 Å². The molecule has 0 spiro atoms. The van der Waals surface area contributed by atoms with Crippen LogP contribution in [0.4, 0.5) is 65.9 Å². The Hall–Kier alpha value is -1.14. The molecule has 0 aliphatic carbocycles. The van der Waals surface area contributed by atoms with Gasteiger partial charge in [-0.25, -0.2) is 0 Å². The van der Waals surface area contributed by atoms with Crippen LogP contribution >= 0.6 is 0 Å². The molecule has 28 heavy (non-hydrogen) atoms. The highest BCUT2D eigenvalue weighted by Crippen LogP contribution is 2.61. The van der Waals surface area contributed by atoms with E-state index in [1.54, 1.807) is 0 Å². The van der Waals surface area contributed by atoms with Gasteiger partial charge in [-0.2, -0.15) is 74.3 Å². The summed E-state index contributed by atoms with van der Waals surface area (Å²) in [6.07, 6.45) is -12.1. The van der Waals surface area contributed by atoms with Crippen LogP contribution in [0.3, 0.4) is 0 Å². The Morgan fingerprint density at radius 3 is 1.14 bits per heavy atom. The van der Waals surface area contributed by atoms with Crippen LogP contribution in [0.15, 0.2) is 0 Å². The number of rotatable bonds is 8. The number of alkyl halides is 15. The van der Waals surface area contributed by atoms with Gasteiger partial charge in [-0.3, -0.25) is 4.55 Å². The first-order valence-corrected chi connectivity index (χ1v) is 7.45. The lowest BCUT2D eigenvalue weighted by Crippen LogP contribution is -2.71. The van der Waals surface area contributed by atoms with E-state index in [9.17, 15) is 74.3 Å². The van der Waals surface area contributed by atoms with Gasteiger partial charge in [-0.15, -0.1) is 0 Å². The van der Waals surface area contributed by atoms with Crippen molar-refractivity contribution in [2.45, 2.75) is 53.9 Å². The zero-order valence-electron chi connectivity index (χ0n) is 12.3. The first-order chi connectivity index (χ1) is 11.7. The van der Waals surface area contributed by atoms with Gasteiger partial charge in [0.15, 0.2) is 0 Å². The van der Waals surface area contributed by atoms with Gasteiger partial charge < -0.3 is 0 Å². The number of hydrogen-bond acceptors (Lipinski definition) is 2. The van der Waals surface area contributed by atoms with Gasteiger partial charge in [0.05, 0.1) is 0 Å². The molecule has 3 nitrogen and oxygen atoms in total. The van der Waals surface area contributed by atoms with Gasteiger partial charge in [0.2, 0.25) is 0 Å². The molecule has 0 aliphatic rings. The van der Waals surface area contributed by atoms with Gasteiger partial charge in [0.25, 0.3) is 0 Å². The van der Waals surface area contributed by atoms with Gasteiger partial charge in [0.1, 0.15) is 0 Å². The molecule has 0 heterocycles. The van der Waals surface area contributed by atoms with E-state index in [2.05, 4.69) is 0 Å². The number of hydrogen-bond donors (Lipinski definition) is 1. The maximum absolute atomic E-state index is 13.2. The molecule has 19 heteroatoms. The molecule has 0 fully saturated rings. The lowest BCUT2D eigenvalue weighted by molar-refractivity contribution is -0.418. The standard InChI is InChI=1S/C9H5F15O3S/c10-3(11,1-2-4(12,13)14)5(15,16)6(17,18)7(19,20)8(21,22)9(23,24)28(25,26)27/h1-2H2,(H,25,26,27). The molecular formula is C9H5F15O3S. The van der Waals surface area contributed by atoms with E-state index in [-0.39, 0.29) is 0 Å². The highest BCUT2D eigenvalue weighted by Gasteiger charge is 2.91. The minimum atomic E-state index is -8.32. The summed E-state index contributed by atoms with van der Waals surface area (Å²) in [5.74, 6) is -39.3. The minimum Gasteiger partial charge on any atom is -0.281 e. The Morgan fingerprint density at radius 1 is 0.536 bits per heavy atom. The van der Waals surface area contributed by atoms with Gasteiger partial charge in [-0.05, 0) is 0 Å². The van der Waals surface area contributed by atoms with Crippen LogP contribution in [-0.4, -0.2) is 54.0 Å². The van der Waals surface area contributed by atoms with Crippen molar-refractivity contribution in [1.29, 1.82) is 0 Å². The van der Waals surface area contributed by atoms with Crippen molar-refractivity contribution in [1.82, 2.24) is 0 Å². The largest absolute Gasteiger partial charge is 0.438 e. The second-order valence-corrected chi connectivity index (χ2v) is 6.57. The summed E-state index contributed by atoms with van der Waals surface area (Å²) in [5, 5.41) is -7.59. The third kappa shape index (κ3) is 3.95. The molecule has 0 bridgehead atoms. The molecule has 0 rings (SSSR count). The molecule has 0 amide bonds. The van der Waals surface area contributed by atoms with E-state index in [0.717, 1.165) is 0 Å². The lowest BCUT2D eigenvalue weighted by atomic mass is 9.92. The van der Waals surface area contributed by atoms with Crippen molar-refractivity contribution >= 4 is 10.1 Å². The molecule has 0 atom stereocenters. The third-order valence-corrected chi connectivity index (χ3v) is 3.96. The highest BCUT2D eigenvalue weighted by molar-refractivity contribution is 7.87. The summed E-state index contributed by atoms with van der Waals surface area (Å²) < 4.78 is 219. The van der Waals surface area contributed by atoms with E-state index in [4.69, 9.17) is 4.55 Å². The van der Waals surface area contributed by atoms with Crippen LogP contribution in [0.2, 0.25) is 0 Å². The van der Waals surface area contributed by atoms with Crippen molar-refractivity contribution in [2.24, 2.45) is 0 Å². The van der Waals surface area contributed by atoms with Crippen LogP contribution in [0.1, 0.15) is 12.8 Å². The first kappa shape index (κ1) is 26.9. The molecule has 0 saturated carbocycles. The molecule has 0 saturated heterocycles.